The number of halogens is 1. The highest BCUT2D eigenvalue weighted by Gasteiger charge is 2.12. The van der Waals surface area contributed by atoms with Crippen molar-refractivity contribution in [3.63, 3.8) is 0 Å². The molecule has 1 unspecified atom stereocenters. The second-order valence-electron chi connectivity index (χ2n) is 4.02. The molecule has 17 heavy (non-hydrogen) atoms. The van der Waals surface area contributed by atoms with Gasteiger partial charge in [0.1, 0.15) is 6.10 Å². The summed E-state index contributed by atoms with van der Waals surface area (Å²) < 4.78 is 1.77. The Morgan fingerprint density at radius 3 is 2.76 bits per heavy atom. The zero-order valence-electron chi connectivity index (χ0n) is 9.76. The van der Waals surface area contributed by atoms with Gasteiger partial charge in [0.2, 0.25) is 0 Å². The van der Waals surface area contributed by atoms with Gasteiger partial charge in [0.05, 0.1) is 16.4 Å². The van der Waals surface area contributed by atoms with Crippen molar-refractivity contribution in [1.82, 2.24) is 14.8 Å². The van der Waals surface area contributed by atoms with Crippen molar-refractivity contribution < 1.29 is 5.11 Å². The minimum absolute atomic E-state index is 0.492. The van der Waals surface area contributed by atoms with E-state index >= 15 is 0 Å². The molecular formula is C12H14ClN3O. The summed E-state index contributed by atoms with van der Waals surface area (Å²) in [5.74, 6) is 0. The van der Waals surface area contributed by atoms with Crippen molar-refractivity contribution >= 4 is 11.6 Å². The summed E-state index contributed by atoms with van der Waals surface area (Å²) in [6, 6.07) is 5.41. The third-order valence-electron chi connectivity index (χ3n) is 2.59. The van der Waals surface area contributed by atoms with Crippen LogP contribution >= 0.6 is 11.6 Å². The lowest BCUT2D eigenvalue weighted by molar-refractivity contribution is 0.171. The Balaban J connectivity index is 2.13. The van der Waals surface area contributed by atoms with E-state index in [1.807, 2.05) is 20.0 Å². The average molecular weight is 252 g/mol. The van der Waals surface area contributed by atoms with Gasteiger partial charge in [0.25, 0.3) is 0 Å². The van der Waals surface area contributed by atoms with Crippen LogP contribution in [0.3, 0.4) is 0 Å². The number of aliphatic hydroxyl groups is 1. The van der Waals surface area contributed by atoms with Crippen LogP contribution in [0.4, 0.5) is 0 Å². The third kappa shape index (κ3) is 2.84. The van der Waals surface area contributed by atoms with Crippen LogP contribution in [-0.4, -0.2) is 19.9 Å². The highest BCUT2D eigenvalue weighted by Crippen LogP contribution is 2.18. The van der Waals surface area contributed by atoms with Crippen LogP contribution in [0, 0.1) is 6.92 Å². The van der Waals surface area contributed by atoms with Gasteiger partial charge in [-0.15, -0.1) is 0 Å². The summed E-state index contributed by atoms with van der Waals surface area (Å²) in [6.45, 7) is 1.93. The first-order chi connectivity index (χ1) is 8.06. The van der Waals surface area contributed by atoms with Gasteiger partial charge in [-0.1, -0.05) is 11.6 Å². The molecule has 5 heteroatoms. The summed E-state index contributed by atoms with van der Waals surface area (Å²) in [6.07, 6.45) is 1.39. The molecule has 90 valence electrons. The van der Waals surface area contributed by atoms with Gasteiger partial charge in [-0.3, -0.25) is 9.67 Å². The summed E-state index contributed by atoms with van der Waals surface area (Å²) in [5.41, 5.74) is 2.54. The van der Waals surface area contributed by atoms with Crippen LogP contribution in [0.2, 0.25) is 5.02 Å². The molecule has 1 N–H and O–H groups in total. The van der Waals surface area contributed by atoms with E-state index in [2.05, 4.69) is 10.1 Å². The summed E-state index contributed by atoms with van der Waals surface area (Å²) in [7, 11) is 1.87. The van der Waals surface area contributed by atoms with E-state index in [4.69, 9.17) is 11.6 Å². The first kappa shape index (κ1) is 12.1. The molecule has 2 rings (SSSR count). The van der Waals surface area contributed by atoms with E-state index in [0.717, 1.165) is 11.4 Å². The zero-order valence-corrected chi connectivity index (χ0v) is 10.5. The summed E-state index contributed by atoms with van der Waals surface area (Å²) in [4.78, 5) is 4.10. The maximum absolute atomic E-state index is 10.1. The second-order valence-corrected chi connectivity index (χ2v) is 4.46. The Morgan fingerprint density at radius 1 is 1.47 bits per heavy atom. The number of nitrogens with zero attached hydrogens (tertiary/aromatic N) is 3. The number of aliphatic hydroxyl groups excluding tert-OH is 1. The van der Waals surface area contributed by atoms with Crippen molar-refractivity contribution in [3.05, 3.63) is 46.5 Å². The van der Waals surface area contributed by atoms with Crippen molar-refractivity contribution in [2.24, 2.45) is 7.05 Å². The molecule has 4 nitrogen and oxygen atoms in total. The van der Waals surface area contributed by atoms with Crippen molar-refractivity contribution in [1.29, 1.82) is 0 Å². The lowest BCUT2D eigenvalue weighted by Crippen LogP contribution is -2.07. The number of hydrogen-bond donors (Lipinski definition) is 1. The van der Waals surface area contributed by atoms with Crippen LogP contribution in [0.1, 0.15) is 23.2 Å². The molecule has 0 aliphatic carbocycles. The van der Waals surface area contributed by atoms with Crippen LogP contribution in [0.5, 0.6) is 0 Å². The van der Waals surface area contributed by atoms with Crippen LogP contribution in [0.25, 0.3) is 0 Å². The lowest BCUT2D eigenvalue weighted by atomic mass is 10.1. The zero-order chi connectivity index (χ0) is 12.4. The topological polar surface area (TPSA) is 50.9 Å². The van der Waals surface area contributed by atoms with Gasteiger partial charge < -0.3 is 5.11 Å². The molecule has 2 aromatic rings. The van der Waals surface area contributed by atoms with Crippen molar-refractivity contribution in [2.75, 3.05) is 0 Å². The Bertz CT molecular complexity index is 507. The smallest absolute Gasteiger partial charge is 0.101 e. The number of aromatic nitrogens is 3. The molecule has 0 fully saturated rings. The van der Waals surface area contributed by atoms with Gasteiger partial charge >= 0.3 is 0 Å². The monoisotopic (exact) mass is 251 g/mol. The normalized spacial score (nSPS) is 12.7. The van der Waals surface area contributed by atoms with E-state index in [-0.39, 0.29) is 0 Å². The van der Waals surface area contributed by atoms with Crippen LogP contribution in [-0.2, 0) is 13.5 Å². The summed E-state index contributed by atoms with van der Waals surface area (Å²) in [5, 5.41) is 14.9. The van der Waals surface area contributed by atoms with Gasteiger partial charge in [-0.2, -0.15) is 5.10 Å². The fourth-order valence-corrected chi connectivity index (χ4v) is 1.85. The Hall–Kier alpha value is -1.39. The first-order valence-electron chi connectivity index (χ1n) is 5.35. The average Bonchev–Trinajstić information content (AvgIpc) is 2.58. The minimum atomic E-state index is -0.637. The molecule has 0 aliphatic rings. The minimum Gasteiger partial charge on any atom is -0.386 e. The first-order valence-corrected chi connectivity index (χ1v) is 5.73. The molecular weight excluding hydrogens is 238 g/mol. The van der Waals surface area contributed by atoms with E-state index in [1.54, 1.807) is 16.8 Å². The van der Waals surface area contributed by atoms with E-state index < -0.39 is 6.10 Å². The quantitative estimate of drug-likeness (QED) is 0.908. The molecule has 0 radical (unpaired) electrons. The predicted octanol–water partition coefficient (Wildman–Crippen LogP) is 2.05. The molecule has 2 aromatic heterocycles. The van der Waals surface area contributed by atoms with E-state index in [1.165, 1.54) is 6.20 Å². The fraction of sp³-hybridized carbons (Fsp3) is 0.333. The van der Waals surface area contributed by atoms with Gasteiger partial charge in [0, 0.05) is 25.4 Å². The standard InChI is InChI=1S/C12H14ClN3O/c1-8-5-10(16(2)15-8)6-12(17)11-4-3-9(13)7-14-11/h3-5,7,12,17H,6H2,1-2H3. The Labute approximate surface area is 105 Å². The predicted molar refractivity (Wildman–Crippen MR) is 65.9 cm³/mol. The molecule has 0 saturated carbocycles. The molecule has 0 aromatic carbocycles. The van der Waals surface area contributed by atoms with Gasteiger partial charge in [0.15, 0.2) is 0 Å². The Morgan fingerprint density at radius 2 is 2.24 bits per heavy atom. The number of pyridine rings is 1. The SMILES string of the molecule is Cc1cc(CC(O)c2ccc(Cl)cn2)n(C)n1. The molecule has 1 atom stereocenters. The van der Waals surface area contributed by atoms with E-state index in [9.17, 15) is 5.11 Å². The van der Waals surface area contributed by atoms with Crippen molar-refractivity contribution in [3.8, 4) is 0 Å². The highest BCUT2D eigenvalue weighted by molar-refractivity contribution is 6.30. The molecule has 0 amide bonds. The van der Waals surface area contributed by atoms with Crippen molar-refractivity contribution in [2.45, 2.75) is 19.4 Å². The largest absolute Gasteiger partial charge is 0.386 e. The molecule has 0 spiro atoms. The molecule has 0 saturated heterocycles. The molecule has 0 bridgehead atoms. The van der Waals surface area contributed by atoms with Crippen LogP contribution < -0.4 is 0 Å². The summed E-state index contributed by atoms with van der Waals surface area (Å²) >= 11 is 5.75. The van der Waals surface area contributed by atoms with Gasteiger partial charge in [-0.05, 0) is 25.1 Å². The number of hydrogen-bond acceptors (Lipinski definition) is 3. The molecule has 0 aliphatic heterocycles. The van der Waals surface area contributed by atoms with Gasteiger partial charge in [-0.25, -0.2) is 0 Å². The lowest BCUT2D eigenvalue weighted by Gasteiger charge is -2.09. The number of rotatable bonds is 3. The third-order valence-corrected chi connectivity index (χ3v) is 2.82. The van der Waals surface area contributed by atoms with E-state index in [0.29, 0.717) is 17.1 Å². The van der Waals surface area contributed by atoms with Crippen LogP contribution in [0.15, 0.2) is 24.4 Å². The highest BCUT2D eigenvalue weighted by atomic mass is 35.5. The Kier molecular flexibility index (Phi) is 3.45. The maximum Gasteiger partial charge on any atom is 0.101 e. The fourth-order valence-electron chi connectivity index (χ4n) is 1.74. The second kappa shape index (κ2) is 4.85. The number of aryl methyl sites for hydroxylation is 2. The maximum atomic E-state index is 10.1. The molecule has 2 heterocycles.